The average Bonchev–Trinajstić information content (AvgIpc) is 0.891. The fourth-order valence-corrected chi connectivity index (χ4v) is 15.0. The van der Waals surface area contributed by atoms with Crippen LogP contribution in [0.5, 0.6) is 0 Å². The van der Waals surface area contributed by atoms with Crippen LogP contribution in [0, 0.1) is 47.3 Å². The molecule has 5 rings (SSSR count). The second-order valence-electron chi connectivity index (χ2n) is 29.5. The van der Waals surface area contributed by atoms with Crippen molar-refractivity contribution in [3.63, 3.8) is 0 Å². The van der Waals surface area contributed by atoms with Gasteiger partial charge in [0.15, 0.2) is 0 Å². The van der Waals surface area contributed by atoms with Gasteiger partial charge in [-0.15, -0.1) is 0 Å². The fraction of sp³-hybridized carbons (Fsp3) is 0.865. The molecule has 20 heteroatoms. The van der Waals surface area contributed by atoms with Gasteiger partial charge in [-0.1, -0.05) is 91.8 Å². The van der Waals surface area contributed by atoms with E-state index in [9.17, 15) is 50.4 Å². The van der Waals surface area contributed by atoms with Crippen LogP contribution in [0.1, 0.15) is 199 Å². The van der Waals surface area contributed by atoms with E-state index in [1.807, 2.05) is 79.7 Å². The second-order valence-corrected chi connectivity index (χ2v) is 29.5. The number of rotatable bonds is 16. The summed E-state index contributed by atoms with van der Waals surface area (Å²) in [6.07, 6.45) is 6.49. The van der Waals surface area contributed by atoms with Gasteiger partial charge in [-0.25, -0.2) is 9.59 Å². The van der Waals surface area contributed by atoms with E-state index in [0.29, 0.717) is 51.4 Å². The Morgan fingerprint density at radius 2 is 0.809 bits per heavy atom. The molecule has 2 saturated heterocycles. The molecule has 20 nitrogen and oxygen atoms in total. The van der Waals surface area contributed by atoms with Crippen LogP contribution in [0.15, 0.2) is 47.6 Å². The van der Waals surface area contributed by atoms with Crippen molar-refractivity contribution in [2.24, 2.45) is 47.3 Å². The lowest BCUT2D eigenvalue weighted by atomic mass is 9.78. The zero-order valence-corrected chi connectivity index (χ0v) is 60.0. The second kappa shape index (κ2) is 40.5. The van der Waals surface area contributed by atoms with Gasteiger partial charge in [-0.05, 0) is 129 Å². The molecule has 0 unspecified atom stereocenters. The van der Waals surface area contributed by atoms with E-state index in [4.69, 9.17) is 47.4 Å². The minimum absolute atomic E-state index is 0.0361. The Morgan fingerprint density at radius 1 is 0.457 bits per heavy atom. The van der Waals surface area contributed by atoms with E-state index in [0.717, 1.165) is 25.7 Å². The van der Waals surface area contributed by atoms with Gasteiger partial charge in [0, 0.05) is 101 Å². The smallest absolute Gasteiger partial charge is 0.333 e. The number of fused-ring (bicyclic) bond motifs is 4. The molecule has 4 bridgehead atoms. The molecule has 5 aliphatic rings. The summed E-state index contributed by atoms with van der Waals surface area (Å²) in [7, 11) is 6.56. The summed E-state index contributed by atoms with van der Waals surface area (Å²) in [4.78, 5) is 28.4. The molecule has 2 fully saturated rings. The van der Waals surface area contributed by atoms with Crippen molar-refractivity contribution in [1.82, 2.24) is 0 Å². The summed E-state index contributed by atoms with van der Waals surface area (Å²) in [6, 6.07) is 0. The number of carbonyl (C=O) groups is 2. The van der Waals surface area contributed by atoms with Crippen LogP contribution >= 0.6 is 0 Å². The van der Waals surface area contributed by atoms with Crippen molar-refractivity contribution in [2.45, 2.75) is 333 Å². The Morgan fingerprint density at radius 3 is 1.15 bits per heavy atom. The molecule has 0 saturated carbocycles. The first-order valence-electron chi connectivity index (χ1n) is 35.7. The molecule has 0 amide bonds. The van der Waals surface area contributed by atoms with Crippen LogP contribution < -0.4 is 0 Å². The van der Waals surface area contributed by atoms with E-state index in [-0.39, 0.29) is 110 Å². The third-order valence-corrected chi connectivity index (χ3v) is 21.9. The van der Waals surface area contributed by atoms with Gasteiger partial charge in [0.2, 0.25) is 0 Å². The van der Waals surface area contributed by atoms with E-state index in [1.54, 1.807) is 68.3 Å². The quantitative estimate of drug-likeness (QED) is 0.0528. The number of cyclic esters (lactones) is 2. The van der Waals surface area contributed by atoms with Crippen LogP contribution in [0.4, 0.5) is 0 Å². The van der Waals surface area contributed by atoms with Crippen molar-refractivity contribution >= 4 is 11.9 Å². The van der Waals surface area contributed by atoms with E-state index in [2.05, 4.69) is 0 Å². The minimum Gasteiger partial charge on any atom is -0.458 e. The molecule has 8 N–H and O–H groups in total. The maximum Gasteiger partial charge on any atom is 0.333 e. The molecular weight excluding hydrogens is 1210 g/mol. The van der Waals surface area contributed by atoms with Crippen LogP contribution in [0.25, 0.3) is 0 Å². The lowest BCUT2D eigenvalue weighted by Crippen LogP contribution is -2.46. The van der Waals surface area contributed by atoms with Crippen LogP contribution in [-0.4, -0.2) is 216 Å². The lowest BCUT2D eigenvalue weighted by molar-refractivity contribution is -0.160. The SMILES string of the molecule is CO[C@H]1C[C@H](CC[C@H](C)[C@H](O)[C@H](C)[C@H]2OC(=O)/C(C)=C/C[C@H](O)C[C@@H]3C=CC[C@@H](C[C@H](OC)[C@@H](C)[C@H](O)C[C@@H](O)[C@H](C)[C@@H]([C@@H](C)[C@@H](O)[C@@H](C)CC[C@H]4C[C@H](OC)C[C@H](C)O4)OC(=O)/C(C)=C/C[C@H](O)C[C@@H]4C=CC[C@@H](C[C@H](OC)[C@@H](C)[C@@H](O)C[C@@H](O)[C@H]2C)O4)O3)O[C@@H](C)C1. The normalized spacial score (nSPS) is 41.4. The summed E-state index contributed by atoms with van der Waals surface area (Å²) < 4.78 is 61.5. The van der Waals surface area contributed by atoms with Crippen LogP contribution in [0.2, 0.25) is 0 Å². The maximum atomic E-state index is 14.2. The maximum absolute atomic E-state index is 14.2. The number of esters is 2. The molecule has 0 aromatic carbocycles. The molecule has 5 heterocycles. The molecular formula is C74H128O20. The highest BCUT2D eigenvalue weighted by atomic mass is 16.6. The van der Waals surface area contributed by atoms with Gasteiger partial charge in [0.1, 0.15) is 12.2 Å². The molecule has 94 heavy (non-hydrogen) atoms. The summed E-state index contributed by atoms with van der Waals surface area (Å²) in [5, 5.41) is 94.8. The summed E-state index contributed by atoms with van der Waals surface area (Å²) in [5.74, 6) is -5.62. The van der Waals surface area contributed by atoms with Crippen molar-refractivity contribution < 1.29 is 97.8 Å². The number of hydrogen-bond acceptors (Lipinski definition) is 20. The van der Waals surface area contributed by atoms with Crippen LogP contribution in [-0.2, 0) is 57.0 Å². The number of aliphatic hydroxyl groups is 8. The largest absolute Gasteiger partial charge is 0.458 e. The Balaban J connectivity index is 1.38. The number of methoxy groups -OCH3 is 4. The highest BCUT2D eigenvalue weighted by Crippen LogP contribution is 2.37. The first-order chi connectivity index (χ1) is 44.5. The summed E-state index contributed by atoms with van der Waals surface area (Å²) in [5.41, 5.74) is 0.470. The van der Waals surface area contributed by atoms with Crippen molar-refractivity contribution in [2.75, 3.05) is 28.4 Å². The Kier molecular flexibility index (Phi) is 35.3. The highest BCUT2D eigenvalue weighted by Gasteiger charge is 2.43. The predicted molar refractivity (Wildman–Crippen MR) is 359 cm³/mol. The van der Waals surface area contributed by atoms with Gasteiger partial charge in [0.05, 0.1) is 122 Å². The number of carbonyl (C=O) groups excluding carboxylic acids is 2. The Hall–Kier alpha value is -2.74. The Bertz CT molecular complexity index is 2160. The predicted octanol–water partition coefficient (Wildman–Crippen LogP) is 9.00. The molecule has 0 aromatic heterocycles. The molecule has 0 aliphatic carbocycles. The zero-order valence-electron chi connectivity index (χ0n) is 60.0. The monoisotopic (exact) mass is 1340 g/mol. The van der Waals surface area contributed by atoms with Gasteiger partial charge < -0.3 is 88.2 Å². The fourth-order valence-electron chi connectivity index (χ4n) is 15.0. The molecule has 544 valence electrons. The summed E-state index contributed by atoms with van der Waals surface area (Å²) in [6.45, 7) is 22.1. The highest BCUT2D eigenvalue weighted by molar-refractivity contribution is 5.88. The first kappa shape index (κ1) is 81.9. The van der Waals surface area contributed by atoms with Gasteiger partial charge in [-0.3, -0.25) is 0 Å². The molecule has 0 spiro atoms. The Labute approximate surface area is 563 Å². The van der Waals surface area contributed by atoms with Crippen LogP contribution in [0.3, 0.4) is 0 Å². The number of hydrogen-bond donors (Lipinski definition) is 8. The topological polar surface area (TPSA) is 288 Å². The van der Waals surface area contributed by atoms with E-state index < -0.39 is 133 Å². The first-order valence-corrected chi connectivity index (χ1v) is 35.7. The van der Waals surface area contributed by atoms with Gasteiger partial charge in [0.25, 0.3) is 0 Å². The number of ether oxygens (including phenoxy) is 10. The van der Waals surface area contributed by atoms with Gasteiger partial charge in [-0.2, -0.15) is 0 Å². The standard InChI is InChI=1S/C74H128O20/c1-41(25-29-59-35-61(85-13)31-45(5)89-59)69(81)51(11)71-49(9)65(79)39-63(77)47(7)67(87-15)37-57-21-18-20-56(92-57)34-54(76)28-24-44(4)74(84)94-72(52(12)70(82)42(2)26-30-60-36-62(86-14)32-46(6)90-60)50(10)66(80)40-64(78)48(8)68(88-16)38-58-22-17-19-55(91-58)33-53(75)27-23-43(3)73(83)93-71/h17-20,23-24,41-42,45-72,75-82H,21-22,25-40H2,1-16H3/b43-23+,44-24+/t41-,42-,45-,46-,47-,48-,49-,50+,51-,52-,53-,54-,55-,56-,57-,58-,59-,60-,61+,62+,63+,64-,65+,66+,67-,68-,69-,70-,71-,72-/m0/s1. The molecule has 0 radical (unpaired) electrons. The van der Waals surface area contributed by atoms with Gasteiger partial charge >= 0.3 is 11.9 Å². The third kappa shape index (κ3) is 25.5. The minimum atomic E-state index is -1.18. The molecule has 30 atom stereocenters. The van der Waals surface area contributed by atoms with E-state index in [1.165, 1.54) is 0 Å². The molecule has 0 aromatic rings. The third-order valence-electron chi connectivity index (χ3n) is 21.9. The van der Waals surface area contributed by atoms with Crippen molar-refractivity contribution in [1.29, 1.82) is 0 Å². The van der Waals surface area contributed by atoms with Crippen molar-refractivity contribution in [3.05, 3.63) is 47.6 Å². The lowest BCUT2D eigenvalue weighted by Gasteiger charge is -2.38. The molecule has 5 aliphatic heterocycles. The van der Waals surface area contributed by atoms with Crippen molar-refractivity contribution in [3.8, 4) is 0 Å². The summed E-state index contributed by atoms with van der Waals surface area (Å²) >= 11 is 0. The number of aliphatic hydroxyl groups excluding tert-OH is 8. The zero-order chi connectivity index (χ0) is 69.7. The average molecular weight is 1340 g/mol. The van der Waals surface area contributed by atoms with E-state index >= 15 is 0 Å².